The highest BCUT2D eigenvalue weighted by Gasteiger charge is 2.14. The minimum Gasteiger partial charge on any atom is -0.421 e. The molecule has 0 aliphatic heterocycles. The van der Waals surface area contributed by atoms with Crippen molar-refractivity contribution in [3.63, 3.8) is 0 Å². The van der Waals surface area contributed by atoms with Gasteiger partial charge in [-0.25, -0.2) is 0 Å². The lowest BCUT2D eigenvalue weighted by atomic mass is 10.1. The number of rotatable bonds is 7. The Balaban J connectivity index is 1.48. The highest BCUT2D eigenvalue weighted by atomic mass is 35.5. The molecule has 27 heavy (non-hydrogen) atoms. The smallest absolute Gasteiger partial charge is 0.247 e. The van der Waals surface area contributed by atoms with Crippen molar-refractivity contribution in [3.8, 4) is 11.5 Å². The largest absolute Gasteiger partial charge is 0.421 e. The molecule has 0 saturated heterocycles. The summed E-state index contributed by atoms with van der Waals surface area (Å²) in [5, 5.41) is 12.1. The normalized spacial score (nSPS) is 12.0. The van der Waals surface area contributed by atoms with Gasteiger partial charge in [0, 0.05) is 28.5 Å². The second kappa shape index (κ2) is 9.02. The van der Waals surface area contributed by atoms with Crippen LogP contribution in [0.5, 0.6) is 0 Å². The molecule has 3 rings (SSSR count). The summed E-state index contributed by atoms with van der Waals surface area (Å²) in [5.74, 6) is 0.952. The molecule has 1 heterocycles. The molecular weight excluding hydrogens is 385 g/mol. The first-order valence-electron chi connectivity index (χ1n) is 8.65. The molecule has 1 atom stereocenters. The van der Waals surface area contributed by atoms with Crippen molar-refractivity contribution < 1.29 is 9.21 Å². The van der Waals surface area contributed by atoms with Crippen LogP contribution in [0.25, 0.3) is 11.5 Å². The molecule has 0 aliphatic carbocycles. The van der Waals surface area contributed by atoms with Crippen LogP contribution < -0.4 is 5.32 Å². The minimum atomic E-state index is -0.199. The quantitative estimate of drug-likeness (QED) is 0.585. The topological polar surface area (TPSA) is 68.0 Å². The number of carbonyl (C=O) groups excluding carboxylic acids is 1. The second-order valence-electron chi connectivity index (χ2n) is 6.18. The summed E-state index contributed by atoms with van der Waals surface area (Å²) < 4.78 is 5.64. The molecule has 0 spiro atoms. The van der Waals surface area contributed by atoms with E-state index in [1.165, 1.54) is 0 Å². The number of nitrogens with one attached hydrogen (secondary N) is 1. The standard InChI is InChI=1S/C20H19Cl2N3O2/c1-13(16-11-10-15(21)12-17(16)22)23-18(26)8-5-9-19-24-25-20(27-19)14-6-3-2-4-7-14/h2-4,6-7,10-13H,5,8-9H2,1H3,(H,23,26)/t13-/m0/s1. The Morgan fingerprint density at radius 3 is 2.67 bits per heavy atom. The average molecular weight is 404 g/mol. The number of aromatic nitrogens is 2. The van der Waals surface area contributed by atoms with Crippen molar-refractivity contribution in [2.45, 2.75) is 32.2 Å². The molecule has 0 saturated carbocycles. The van der Waals surface area contributed by atoms with Crippen LogP contribution >= 0.6 is 23.2 Å². The zero-order valence-corrected chi connectivity index (χ0v) is 16.3. The summed E-state index contributed by atoms with van der Waals surface area (Å²) in [5.41, 5.74) is 1.71. The molecule has 1 N–H and O–H groups in total. The van der Waals surface area contributed by atoms with Crippen molar-refractivity contribution in [2.24, 2.45) is 0 Å². The first-order valence-corrected chi connectivity index (χ1v) is 9.40. The molecule has 3 aromatic rings. The Morgan fingerprint density at radius 1 is 1.15 bits per heavy atom. The molecule has 5 nitrogen and oxygen atoms in total. The SMILES string of the molecule is C[C@H](NC(=O)CCCc1nnc(-c2ccccc2)o1)c1ccc(Cl)cc1Cl. The molecule has 0 fully saturated rings. The number of halogens is 2. The summed E-state index contributed by atoms with van der Waals surface area (Å²) in [7, 11) is 0. The van der Waals surface area contributed by atoms with Crippen molar-refractivity contribution in [3.05, 3.63) is 70.0 Å². The van der Waals surface area contributed by atoms with Gasteiger partial charge in [-0.05, 0) is 43.2 Å². The van der Waals surface area contributed by atoms with Gasteiger partial charge in [0.1, 0.15) is 0 Å². The van der Waals surface area contributed by atoms with E-state index in [1.54, 1.807) is 12.1 Å². The lowest BCUT2D eigenvalue weighted by Crippen LogP contribution is -2.26. The lowest BCUT2D eigenvalue weighted by molar-refractivity contribution is -0.121. The van der Waals surface area contributed by atoms with Gasteiger partial charge in [0.05, 0.1) is 6.04 Å². The van der Waals surface area contributed by atoms with Gasteiger partial charge < -0.3 is 9.73 Å². The van der Waals surface area contributed by atoms with Gasteiger partial charge in [0.15, 0.2) is 0 Å². The summed E-state index contributed by atoms with van der Waals surface area (Å²) in [6.07, 6.45) is 1.52. The maximum Gasteiger partial charge on any atom is 0.247 e. The summed E-state index contributed by atoms with van der Waals surface area (Å²) >= 11 is 12.1. The van der Waals surface area contributed by atoms with E-state index in [4.69, 9.17) is 27.6 Å². The van der Waals surface area contributed by atoms with Crippen molar-refractivity contribution in [1.82, 2.24) is 15.5 Å². The molecular formula is C20H19Cl2N3O2. The molecule has 140 valence electrons. The molecule has 0 unspecified atom stereocenters. The van der Waals surface area contributed by atoms with Gasteiger partial charge >= 0.3 is 0 Å². The number of nitrogens with zero attached hydrogens (tertiary/aromatic N) is 2. The van der Waals surface area contributed by atoms with E-state index in [2.05, 4.69) is 15.5 Å². The van der Waals surface area contributed by atoms with Crippen LogP contribution in [-0.2, 0) is 11.2 Å². The zero-order chi connectivity index (χ0) is 19.2. The maximum absolute atomic E-state index is 12.2. The van der Waals surface area contributed by atoms with E-state index in [0.717, 1.165) is 11.1 Å². The van der Waals surface area contributed by atoms with Crippen LogP contribution in [0, 0.1) is 0 Å². The molecule has 0 radical (unpaired) electrons. The van der Waals surface area contributed by atoms with E-state index in [-0.39, 0.29) is 11.9 Å². The van der Waals surface area contributed by atoms with E-state index in [9.17, 15) is 4.79 Å². The first-order chi connectivity index (χ1) is 13.0. The highest BCUT2D eigenvalue weighted by Crippen LogP contribution is 2.26. The van der Waals surface area contributed by atoms with Gasteiger partial charge in [-0.15, -0.1) is 10.2 Å². The van der Waals surface area contributed by atoms with Crippen molar-refractivity contribution in [1.29, 1.82) is 0 Å². The fourth-order valence-electron chi connectivity index (χ4n) is 2.70. The first kappa shape index (κ1) is 19.4. The molecule has 1 amide bonds. The van der Waals surface area contributed by atoms with Gasteiger partial charge in [0.25, 0.3) is 0 Å². The van der Waals surface area contributed by atoms with Crippen molar-refractivity contribution >= 4 is 29.1 Å². The number of aryl methyl sites for hydroxylation is 1. The monoisotopic (exact) mass is 403 g/mol. The van der Waals surface area contributed by atoms with Crippen LogP contribution in [-0.4, -0.2) is 16.1 Å². The number of hydrogen-bond donors (Lipinski definition) is 1. The second-order valence-corrected chi connectivity index (χ2v) is 7.02. The molecule has 2 aromatic carbocycles. The van der Waals surface area contributed by atoms with E-state index < -0.39 is 0 Å². The predicted octanol–water partition coefficient (Wildman–Crippen LogP) is 5.24. The van der Waals surface area contributed by atoms with Crippen LogP contribution in [0.4, 0.5) is 0 Å². The van der Waals surface area contributed by atoms with E-state index in [1.807, 2.05) is 43.3 Å². The molecule has 0 bridgehead atoms. The summed E-state index contributed by atoms with van der Waals surface area (Å²) in [6.45, 7) is 1.89. The Bertz CT molecular complexity index is 913. The van der Waals surface area contributed by atoms with Crippen LogP contribution in [0.1, 0.15) is 37.3 Å². The van der Waals surface area contributed by atoms with Crippen LogP contribution in [0.15, 0.2) is 52.9 Å². The maximum atomic E-state index is 12.2. The van der Waals surface area contributed by atoms with E-state index in [0.29, 0.717) is 41.1 Å². The number of benzene rings is 2. The number of carbonyl (C=O) groups is 1. The molecule has 7 heteroatoms. The Labute approximate surface area is 167 Å². The van der Waals surface area contributed by atoms with Gasteiger partial charge in [-0.2, -0.15) is 0 Å². The Hall–Kier alpha value is -2.37. The predicted molar refractivity (Wildman–Crippen MR) is 106 cm³/mol. The van der Waals surface area contributed by atoms with Crippen molar-refractivity contribution in [2.75, 3.05) is 0 Å². The zero-order valence-electron chi connectivity index (χ0n) is 14.8. The molecule has 0 aliphatic rings. The number of amides is 1. The van der Waals surface area contributed by atoms with Gasteiger partial charge in [-0.3, -0.25) is 4.79 Å². The fraction of sp³-hybridized carbons (Fsp3) is 0.250. The third-order valence-electron chi connectivity index (χ3n) is 4.09. The third-order valence-corrected chi connectivity index (χ3v) is 4.65. The average Bonchev–Trinajstić information content (AvgIpc) is 3.11. The van der Waals surface area contributed by atoms with Crippen LogP contribution in [0.2, 0.25) is 10.0 Å². The third kappa shape index (κ3) is 5.31. The number of hydrogen-bond acceptors (Lipinski definition) is 4. The van der Waals surface area contributed by atoms with Crippen LogP contribution in [0.3, 0.4) is 0 Å². The molecule has 1 aromatic heterocycles. The highest BCUT2D eigenvalue weighted by molar-refractivity contribution is 6.35. The summed E-state index contributed by atoms with van der Waals surface area (Å²) in [6, 6.07) is 14.6. The van der Waals surface area contributed by atoms with Gasteiger partial charge in [0.2, 0.25) is 17.7 Å². The Kier molecular flexibility index (Phi) is 6.48. The lowest BCUT2D eigenvalue weighted by Gasteiger charge is -2.15. The Morgan fingerprint density at radius 2 is 1.93 bits per heavy atom. The summed E-state index contributed by atoms with van der Waals surface area (Å²) in [4.78, 5) is 12.2. The van der Waals surface area contributed by atoms with Gasteiger partial charge in [-0.1, -0.05) is 47.5 Å². The van der Waals surface area contributed by atoms with E-state index >= 15 is 0 Å². The fourth-order valence-corrected chi connectivity index (χ4v) is 3.27. The minimum absolute atomic E-state index is 0.0590.